The molecule has 2 atom stereocenters. The number of aliphatic hydroxyl groups is 2. The van der Waals surface area contributed by atoms with Gasteiger partial charge in [0.05, 0.1) is 25.4 Å². The Labute approximate surface area is 392 Å². The molecule has 0 rings (SSSR count). The minimum Gasteiger partial charge on any atom is -0.466 e. The minimum atomic E-state index is -0.669. The summed E-state index contributed by atoms with van der Waals surface area (Å²) in [4.78, 5) is 24.5. The second-order valence-electron chi connectivity index (χ2n) is 19.3. The van der Waals surface area contributed by atoms with Crippen molar-refractivity contribution >= 4 is 11.9 Å². The van der Waals surface area contributed by atoms with Crippen LogP contribution in [0.15, 0.2) is 24.3 Å². The lowest BCUT2D eigenvalue weighted by Gasteiger charge is -2.22. The van der Waals surface area contributed by atoms with Crippen molar-refractivity contribution in [3.63, 3.8) is 0 Å². The highest BCUT2D eigenvalue weighted by Gasteiger charge is 2.20. The number of rotatable bonds is 52. The maximum Gasteiger partial charge on any atom is 0.305 e. The maximum absolute atomic E-state index is 12.4. The second kappa shape index (κ2) is 53.0. The van der Waals surface area contributed by atoms with E-state index in [1.165, 1.54) is 225 Å². The molecule has 0 aromatic carbocycles. The normalized spacial score (nSPS) is 12.8. The summed E-state index contributed by atoms with van der Waals surface area (Å²) in [5, 5.41) is 23.2. The molecule has 0 bridgehead atoms. The molecule has 2 unspecified atom stereocenters. The van der Waals surface area contributed by atoms with Crippen molar-refractivity contribution in [3.8, 4) is 0 Å². The Morgan fingerprint density at radius 2 is 0.746 bits per heavy atom. The maximum atomic E-state index is 12.4. The molecule has 0 spiro atoms. The number of amides is 1. The molecule has 0 fully saturated rings. The van der Waals surface area contributed by atoms with Crippen LogP contribution in [0.3, 0.4) is 0 Å². The smallest absolute Gasteiger partial charge is 0.305 e. The van der Waals surface area contributed by atoms with Gasteiger partial charge in [-0.25, -0.2) is 0 Å². The summed E-state index contributed by atoms with van der Waals surface area (Å²) in [6.07, 6.45) is 63.1. The molecule has 1 amide bonds. The third-order valence-electron chi connectivity index (χ3n) is 13.0. The van der Waals surface area contributed by atoms with Crippen molar-refractivity contribution in [2.75, 3.05) is 13.2 Å². The van der Waals surface area contributed by atoms with Gasteiger partial charge in [-0.1, -0.05) is 237 Å². The van der Waals surface area contributed by atoms with Gasteiger partial charge in [0.2, 0.25) is 5.91 Å². The van der Waals surface area contributed by atoms with Crippen molar-refractivity contribution in [2.24, 2.45) is 0 Å². The van der Waals surface area contributed by atoms with Gasteiger partial charge in [0.25, 0.3) is 0 Å². The van der Waals surface area contributed by atoms with Crippen LogP contribution >= 0.6 is 0 Å². The van der Waals surface area contributed by atoms with Crippen LogP contribution in [0.25, 0.3) is 0 Å². The highest BCUT2D eigenvalue weighted by molar-refractivity contribution is 5.76. The van der Waals surface area contributed by atoms with Crippen LogP contribution in [0.4, 0.5) is 0 Å². The third kappa shape index (κ3) is 49.6. The summed E-state index contributed by atoms with van der Waals surface area (Å²) < 4.78 is 5.47. The van der Waals surface area contributed by atoms with E-state index in [-0.39, 0.29) is 18.5 Å². The summed E-state index contributed by atoms with van der Waals surface area (Å²) in [7, 11) is 0. The van der Waals surface area contributed by atoms with E-state index in [4.69, 9.17) is 4.74 Å². The fourth-order valence-corrected chi connectivity index (χ4v) is 8.63. The highest BCUT2D eigenvalue weighted by Crippen LogP contribution is 2.16. The van der Waals surface area contributed by atoms with Crippen LogP contribution in [0.1, 0.15) is 303 Å². The second-order valence-corrected chi connectivity index (χ2v) is 19.3. The molecule has 0 saturated heterocycles. The van der Waals surface area contributed by atoms with Gasteiger partial charge < -0.3 is 20.3 Å². The molecule has 0 saturated carbocycles. The van der Waals surface area contributed by atoms with Gasteiger partial charge in [0.15, 0.2) is 0 Å². The van der Waals surface area contributed by atoms with Crippen molar-refractivity contribution < 1.29 is 24.5 Å². The molecule has 0 aromatic heterocycles. The van der Waals surface area contributed by atoms with Gasteiger partial charge in [-0.15, -0.1) is 0 Å². The fraction of sp³-hybridized carbons (Fsp3) is 0.895. The van der Waals surface area contributed by atoms with Crippen LogP contribution in [0.5, 0.6) is 0 Å². The molecular formula is C57H109NO5. The van der Waals surface area contributed by atoms with E-state index in [0.717, 1.165) is 44.9 Å². The Hall–Kier alpha value is -1.66. The first-order valence-corrected chi connectivity index (χ1v) is 28.1. The number of aliphatic hydroxyl groups excluding tert-OH is 2. The zero-order valence-corrected chi connectivity index (χ0v) is 42.3. The Kier molecular flexibility index (Phi) is 51.6. The first-order valence-electron chi connectivity index (χ1n) is 28.1. The Balaban J connectivity index is 3.42. The fourth-order valence-electron chi connectivity index (χ4n) is 8.63. The van der Waals surface area contributed by atoms with Crippen molar-refractivity contribution in [2.45, 2.75) is 315 Å². The molecule has 63 heavy (non-hydrogen) atoms. The number of esters is 1. The van der Waals surface area contributed by atoms with Crippen LogP contribution in [0.2, 0.25) is 0 Å². The molecule has 0 radical (unpaired) electrons. The molecule has 6 heteroatoms. The molecule has 372 valence electrons. The molecule has 0 aliphatic heterocycles. The van der Waals surface area contributed by atoms with E-state index < -0.39 is 12.1 Å². The standard InChI is InChI=1S/C57H109NO5/c1-3-5-7-9-11-13-15-16-17-24-27-31-35-39-43-47-51-57(62)63-52-48-44-40-36-32-28-25-22-20-18-19-21-23-26-30-34-38-42-46-50-56(61)58-54(53-59)55(60)49-45-41-37-33-29-14-12-10-8-6-4-2/h17-19,24,54-55,59-60H,3-16,20-23,25-53H2,1-2H3,(H,58,61)/b19-18-,24-17-. The summed E-state index contributed by atoms with van der Waals surface area (Å²) in [6, 6.07) is -0.547. The summed E-state index contributed by atoms with van der Waals surface area (Å²) in [5.74, 6) is -0.0491. The van der Waals surface area contributed by atoms with Crippen molar-refractivity contribution in [1.29, 1.82) is 0 Å². The molecule has 3 N–H and O–H groups in total. The molecule has 0 aromatic rings. The van der Waals surface area contributed by atoms with E-state index in [1.54, 1.807) is 0 Å². The van der Waals surface area contributed by atoms with Crippen molar-refractivity contribution in [3.05, 3.63) is 24.3 Å². The van der Waals surface area contributed by atoms with Gasteiger partial charge in [-0.3, -0.25) is 9.59 Å². The van der Waals surface area contributed by atoms with E-state index in [0.29, 0.717) is 25.9 Å². The van der Waals surface area contributed by atoms with E-state index in [2.05, 4.69) is 43.5 Å². The number of ether oxygens (including phenoxy) is 1. The Bertz CT molecular complexity index is 982. The van der Waals surface area contributed by atoms with Crippen LogP contribution in [-0.4, -0.2) is 47.4 Å². The average Bonchev–Trinajstić information content (AvgIpc) is 3.28. The van der Waals surface area contributed by atoms with E-state index in [1.807, 2.05) is 0 Å². The minimum absolute atomic E-state index is 0.00350. The Morgan fingerprint density at radius 3 is 1.13 bits per heavy atom. The molecule has 0 heterocycles. The largest absolute Gasteiger partial charge is 0.466 e. The summed E-state index contributed by atoms with van der Waals surface area (Å²) >= 11 is 0. The van der Waals surface area contributed by atoms with Gasteiger partial charge in [-0.05, 0) is 77.0 Å². The first-order chi connectivity index (χ1) is 31.0. The number of nitrogens with one attached hydrogen (secondary N) is 1. The number of allylic oxidation sites excluding steroid dienone is 4. The predicted octanol–water partition coefficient (Wildman–Crippen LogP) is 17.1. The monoisotopic (exact) mass is 888 g/mol. The third-order valence-corrected chi connectivity index (χ3v) is 13.0. The Morgan fingerprint density at radius 1 is 0.429 bits per heavy atom. The predicted molar refractivity (Wildman–Crippen MR) is 273 cm³/mol. The molecule has 6 nitrogen and oxygen atoms in total. The molecular weight excluding hydrogens is 779 g/mol. The lowest BCUT2D eigenvalue weighted by atomic mass is 10.0. The summed E-state index contributed by atoms with van der Waals surface area (Å²) in [6.45, 7) is 4.93. The van der Waals surface area contributed by atoms with E-state index >= 15 is 0 Å². The topological polar surface area (TPSA) is 95.9 Å². The number of hydrogen-bond donors (Lipinski definition) is 3. The lowest BCUT2D eigenvalue weighted by Crippen LogP contribution is -2.45. The van der Waals surface area contributed by atoms with E-state index in [9.17, 15) is 19.8 Å². The van der Waals surface area contributed by atoms with Crippen molar-refractivity contribution in [1.82, 2.24) is 5.32 Å². The van der Waals surface area contributed by atoms with Gasteiger partial charge in [0.1, 0.15) is 0 Å². The average molecular weight is 889 g/mol. The number of hydrogen-bond acceptors (Lipinski definition) is 5. The molecule has 0 aliphatic rings. The zero-order valence-electron chi connectivity index (χ0n) is 42.3. The highest BCUT2D eigenvalue weighted by atomic mass is 16.5. The summed E-state index contributed by atoms with van der Waals surface area (Å²) in [5.41, 5.74) is 0. The van der Waals surface area contributed by atoms with Gasteiger partial charge >= 0.3 is 5.97 Å². The first kappa shape index (κ1) is 61.3. The van der Waals surface area contributed by atoms with Gasteiger partial charge in [0, 0.05) is 12.8 Å². The number of carbonyl (C=O) groups is 2. The van der Waals surface area contributed by atoms with Crippen LogP contribution < -0.4 is 5.32 Å². The number of unbranched alkanes of at least 4 members (excludes halogenated alkanes) is 37. The zero-order chi connectivity index (χ0) is 45.8. The van der Waals surface area contributed by atoms with Crippen LogP contribution in [-0.2, 0) is 14.3 Å². The quantitative estimate of drug-likeness (QED) is 0.0321. The molecule has 0 aliphatic carbocycles. The SMILES string of the molecule is CCCCCCCCC/C=C\CCCCCCCC(=O)OCCCCCCCCCC/C=C\CCCCCCCCCC(=O)NC(CO)C(O)CCCCCCCCCCCCC. The van der Waals surface area contributed by atoms with Gasteiger partial charge in [-0.2, -0.15) is 0 Å². The van der Waals surface area contributed by atoms with Crippen LogP contribution in [0, 0.1) is 0 Å². The number of carbonyl (C=O) groups excluding carboxylic acids is 2. The lowest BCUT2D eigenvalue weighted by molar-refractivity contribution is -0.143.